The van der Waals surface area contributed by atoms with Gasteiger partial charge in [0.2, 0.25) is 23.5 Å². The van der Waals surface area contributed by atoms with Gasteiger partial charge in [-0.05, 0) is 12.1 Å². The van der Waals surface area contributed by atoms with Crippen LogP contribution < -0.4 is 52.4 Å². The second-order valence-electron chi connectivity index (χ2n) is 5.59. The van der Waals surface area contributed by atoms with Crippen LogP contribution in [0.15, 0.2) is 30.3 Å². The van der Waals surface area contributed by atoms with Crippen LogP contribution in [0.5, 0.6) is 47.0 Å². The monoisotopic (exact) mass is 436 g/mol. The van der Waals surface area contributed by atoms with E-state index in [1.165, 1.54) is 58.8 Å². The third kappa shape index (κ3) is 5.69. The van der Waals surface area contributed by atoms with Crippen molar-refractivity contribution in [2.75, 3.05) is 28.4 Å². The maximum Gasteiger partial charge on any atom is 1.00 e. The third-order valence-corrected chi connectivity index (χ3v) is 3.75. The fourth-order valence-corrected chi connectivity index (χ4v) is 2.36. The van der Waals surface area contributed by atoms with Crippen LogP contribution in [0.2, 0.25) is 0 Å². The molecule has 0 fully saturated rings. The molecule has 0 spiro atoms. The molecule has 0 aliphatic rings. The largest absolute Gasteiger partial charge is 1.00 e. The van der Waals surface area contributed by atoms with Crippen LogP contribution in [0, 0.1) is 0 Å². The van der Waals surface area contributed by atoms with E-state index in [1.54, 1.807) is 0 Å². The van der Waals surface area contributed by atoms with Crippen molar-refractivity contribution in [2.24, 2.45) is 0 Å². The van der Waals surface area contributed by atoms with Crippen molar-refractivity contribution in [3.63, 3.8) is 0 Å². The molecule has 32 heavy (non-hydrogen) atoms. The van der Waals surface area contributed by atoms with Crippen LogP contribution in [-0.2, 0) is 0 Å². The van der Waals surface area contributed by atoms with Gasteiger partial charge in [0.1, 0.15) is 11.5 Å². The van der Waals surface area contributed by atoms with Crippen LogP contribution in [0.25, 0.3) is 0 Å². The minimum absolute atomic E-state index is 0. The minimum atomic E-state index is -1.57. The number of carboxylic acid groups (broad SMARTS) is 1. The first-order chi connectivity index (χ1) is 15.0. The van der Waals surface area contributed by atoms with Gasteiger partial charge in [-0.1, -0.05) is 6.07 Å². The minimum Gasteiger partial charge on any atom is -0.545 e. The summed E-state index contributed by atoms with van der Waals surface area (Å²) in [7, 11) is 5.59. The van der Waals surface area contributed by atoms with Gasteiger partial charge in [-0.3, -0.25) is 0 Å². The second kappa shape index (κ2) is 11.0. The molecule has 0 atom stereocenters. The zero-order valence-electron chi connectivity index (χ0n) is 17.9. The van der Waals surface area contributed by atoms with Crippen molar-refractivity contribution in [1.29, 1.82) is 0 Å². The number of aromatic carboxylic acids is 1. The smallest absolute Gasteiger partial charge is 0.545 e. The summed E-state index contributed by atoms with van der Waals surface area (Å²) in [4.78, 5) is 27.9. The number of hydrogen-bond acceptors (Lipinski definition) is 12. The normalized spacial score (nSPS) is 9.88. The molecule has 13 heteroatoms. The van der Waals surface area contributed by atoms with Crippen LogP contribution in [0.4, 0.5) is 0 Å². The molecule has 0 unspecified atom stereocenters. The van der Waals surface area contributed by atoms with E-state index in [0.29, 0.717) is 0 Å². The van der Waals surface area contributed by atoms with Crippen LogP contribution in [0.3, 0.4) is 0 Å². The second-order valence-corrected chi connectivity index (χ2v) is 5.59. The van der Waals surface area contributed by atoms with E-state index in [2.05, 4.69) is 19.9 Å². The number of aromatic nitrogens is 4. The Morgan fingerprint density at radius 2 is 1.06 bits per heavy atom. The molecule has 3 rings (SSSR count). The molecule has 2 aromatic heterocycles. The Morgan fingerprint density at radius 1 is 0.719 bits per heavy atom. The van der Waals surface area contributed by atoms with Gasteiger partial charge in [0.25, 0.3) is 0 Å². The summed E-state index contributed by atoms with van der Waals surface area (Å²) >= 11 is 0. The van der Waals surface area contributed by atoms with Gasteiger partial charge in [-0.2, -0.15) is 19.9 Å². The molecule has 0 saturated heterocycles. The summed E-state index contributed by atoms with van der Waals surface area (Å²) in [5, 5.41) is 11.9. The van der Waals surface area contributed by atoms with E-state index >= 15 is 0 Å². The Balaban J connectivity index is 0.00000363. The molecule has 0 saturated carbocycles. The Bertz CT molecular complexity index is 979. The van der Waals surface area contributed by atoms with E-state index < -0.39 is 11.5 Å². The zero-order chi connectivity index (χ0) is 22.4. The van der Waals surface area contributed by atoms with Crippen molar-refractivity contribution < 1.29 is 57.2 Å². The number of benzene rings is 1. The first kappa shape index (κ1) is 24.5. The number of methoxy groups -OCH3 is 4. The average Bonchev–Trinajstić information content (AvgIpc) is 2.78. The molecule has 12 nitrogen and oxygen atoms in total. The summed E-state index contributed by atoms with van der Waals surface area (Å²) in [6.07, 6.45) is 0. The fraction of sp³-hybridized carbons (Fsp3) is 0.211. The average molecular weight is 436 g/mol. The summed E-state index contributed by atoms with van der Waals surface area (Å²) in [6.45, 7) is 0. The van der Waals surface area contributed by atoms with Gasteiger partial charge in [-0.15, -0.1) is 0 Å². The Morgan fingerprint density at radius 3 is 1.34 bits per heavy atom. The number of ether oxygens (including phenoxy) is 6. The van der Waals surface area contributed by atoms with E-state index in [9.17, 15) is 9.90 Å². The van der Waals surface area contributed by atoms with E-state index in [4.69, 9.17) is 28.4 Å². The van der Waals surface area contributed by atoms with Crippen molar-refractivity contribution in [1.82, 2.24) is 19.9 Å². The SMILES string of the molecule is COc1cc(OC)nc(Oc2cccc(Oc3nc(OC)cc(OC)n3)c2C(=O)[O-])n1.[Li+]. The summed E-state index contributed by atoms with van der Waals surface area (Å²) in [5.74, 6) is -1.26. The fourth-order valence-electron chi connectivity index (χ4n) is 2.36. The summed E-state index contributed by atoms with van der Waals surface area (Å²) < 4.78 is 31.3. The molecule has 162 valence electrons. The van der Waals surface area contributed by atoms with E-state index in [1.807, 2.05) is 0 Å². The molecule has 0 N–H and O–H groups in total. The number of nitrogens with zero attached hydrogens (tertiary/aromatic N) is 4. The molecule has 0 amide bonds. The number of carbonyl (C=O) groups is 1. The molecule has 3 aromatic rings. The summed E-state index contributed by atoms with van der Waals surface area (Å²) in [6, 6.07) is 6.68. The van der Waals surface area contributed by atoms with Gasteiger partial charge in [0.15, 0.2) is 0 Å². The van der Waals surface area contributed by atoms with E-state index in [-0.39, 0.29) is 65.9 Å². The molecule has 0 bridgehead atoms. The Labute approximate surface area is 194 Å². The maximum absolute atomic E-state index is 11.9. The molecule has 0 radical (unpaired) electrons. The Hall–Kier alpha value is -3.75. The van der Waals surface area contributed by atoms with Crippen molar-refractivity contribution in [2.45, 2.75) is 0 Å². The molecule has 2 heterocycles. The molecular formula is C19H17LiN4O8. The summed E-state index contributed by atoms with van der Waals surface area (Å²) in [5.41, 5.74) is -0.418. The van der Waals surface area contributed by atoms with Crippen LogP contribution >= 0.6 is 0 Å². The predicted molar refractivity (Wildman–Crippen MR) is 101 cm³/mol. The van der Waals surface area contributed by atoms with E-state index in [0.717, 1.165) is 0 Å². The first-order valence-electron chi connectivity index (χ1n) is 8.61. The topological polar surface area (TPSA) is 147 Å². The van der Waals surface area contributed by atoms with Gasteiger partial charge in [0, 0.05) is 0 Å². The van der Waals surface area contributed by atoms with Crippen LogP contribution in [-0.4, -0.2) is 54.3 Å². The first-order valence-corrected chi connectivity index (χ1v) is 8.61. The van der Waals surface area contributed by atoms with Crippen molar-refractivity contribution in [3.8, 4) is 47.0 Å². The number of rotatable bonds is 9. The number of hydrogen-bond donors (Lipinski definition) is 0. The quantitative estimate of drug-likeness (QED) is 0.351. The van der Waals surface area contributed by atoms with Gasteiger partial charge < -0.3 is 38.3 Å². The molecule has 0 aliphatic heterocycles. The predicted octanol–water partition coefficient (Wildman–Crippen LogP) is -1.75. The molecule has 1 aromatic carbocycles. The third-order valence-electron chi connectivity index (χ3n) is 3.75. The van der Waals surface area contributed by atoms with Gasteiger partial charge in [0.05, 0.1) is 52.1 Å². The maximum atomic E-state index is 11.9. The van der Waals surface area contributed by atoms with Crippen LogP contribution in [0.1, 0.15) is 10.4 Å². The number of carbonyl (C=O) groups excluding carboxylic acids is 1. The van der Waals surface area contributed by atoms with Gasteiger partial charge >= 0.3 is 30.9 Å². The van der Waals surface area contributed by atoms with Crippen molar-refractivity contribution in [3.05, 3.63) is 35.9 Å². The number of carboxylic acids is 1. The van der Waals surface area contributed by atoms with Gasteiger partial charge in [-0.25, -0.2) is 0 Å². The zero-order valence-corrected chi connectivity index (χ0v) is 17.9. The van der Waals surface area contributed by atoms with Crippen molar-refractivity contribution >= 4 is 5.97 Å². The standard InChI is InChI=1S/C19H18N4O8.Li/c1-26-12-8-13(27-2)21-18(20-12)30-10-6-5-7-11(16(10)17(24)25)31-19-22-14(28-3)9-15(23-19)29-4;/h5-9H,1-4H3,(H,24,25);/q;+1/p-1. The molecular weight excluding hydrogens is 419 g/mol. The molecule has 0 aliphatic carbocycles. The Kier molecular flexibility index (Phi) is 8.45.